The molecular weight excluding hydrogens is 243 g/mol. The third-order valence-corrected chi connectivity index (χ3v) is 3.20. The van der Waals surface area contributed by atoms with Crippen LogP contribution in [0.1, 0.15) is 5.69 Å². The van der Waals surface area contributed by atoms with Gasteiger partial charge in [0, 0.05) is 24.6 Å². The van der Waals surface area contributed by atoms with Crippen LogP contribution in [0.2, 0.25) is 0 Å². The minimum Gasteiger partial charge on any atom is -0.493 e. The van der Waals surface area contributed by atoms with Crippen LogP contribution >= 0.6 is 11.8 Å². The van der Waals surface area contributed by atoms with E-state index >= 15 is 0 Å². The molecule has 2 rings (SSSR count). The average molecular weight is 256 g/mol. The zero-order valence-corrected chi connectivity index (χ0v) is 10.4. The van der Waals surface area contributed by atoms with Crippen molar-refractivity contribution >= 4 is 11.8 Å². The molecule has 7 heteroatoms. The summed E-state index contributed by atoms with van der Waals surface area (Å²) >= 11 is 1.29. The third-order valence-electron chi connectivity index (χ3n) is 2.34. The lowest BCUT2D eigenvalue weighted by molar-refractivity contribution is 0.440. The number of halogens is 1. The summed E-state index contributed by atoms with van der Waals surface area (Å²) in [7, 11) is 1.81. The largest absolute Gasteiger partial charge is 0.493 e. The summed E-state index contributed by atoms with van der Waals surface area (Å²) in [5, 5.41) is 12.4. The Hall–Kier alpha value is -1.50. The molecule has 5 nitrogen and oxygen atoms in total. The third kappa shape index (κ3) is 2.79. The second-order valence-corrected chi connectivity index (χ2v) is 4.67. The molecule has 0 atom stereocenters. The molecule has 17 heavy (non-hydrogen) atoms. The summed E-state index contributed by atoms with van der Waals surface area (Å²) < 4.78 is 13.3. The molecule has 0 bridgehead atoms. The van der Waals surface area contributed by atoms with E-state index in [1.54, 1.807) is 11.8 Å². The van der Waals surface area contributed by atoms with E-state index in [2.05, 4.69) is 15.3 Å². The number of aryl methyl sites for hydroxylation is 1. The van der Waals surface area contributed by atoms with Gasteiger partial charge in [-0.3, -0.25) is 0 Å². The average Bonchev–Trinajstić information content (AvgIpc) is 2.55. The van der Waals surface area contributed by atoms with Gasteiger partial charge >= 0.3 is 0 Å². The molecule has 1 aliphatic heterocycles. The summed E-state index contributed by atoms with van der Waals surface area (Å²) in [5.74, 6) is 0.0577. The highest BCUT2D eigenvalue weighted by Crippen LogP contribution is 2.24. The van der Waals surface area contributed by atoms with E-state index in [1.807, 2.05) is 7.05 Å². The Bertz CT molecular complexity index is 445. The van der Waals surface area contributed by atoms with Crippen LogP contribution < -0.4 is 5.32 Å². The SMILES string of the molecule is Cc1cc(O)nc(SCC2=C(F)NCN2C)n1. The van der Waals surface area contributed by atoms with Crippen LogP contribution in [-0.4, -0.2) is 39.4 Å². The van der Waals surface area contributed by atoms with Gasteiger partial charge in [-0.05, 0) is 6.92 Å². The first kappa shape index (κ1) is 12.0. The van der Waals surface area contributed by atoms with Crippen molar-refractivity contribution in [1.82, 2.24) is 20.2 Å². The van der Waals surface area contributed by atoms with Gasteiger partial charge in [0.2, 0.25) is 11.8 Å². The first-order valence-corrected chi connectivity index (χ1v) is 6.06. The molecule has 1 aliphatic rings. The maximum atomic E-state index is 13.3. The van der Waals surface area contributed by atoms with Crippen molar-refractivity contribution in [3.05, 3.63) is 23.4 Å². The topological polar surface area (TPSA) is 61.3 Å². The monoisotopic (exact) mass is 256 g/mol. The van der Waals surface area contributed by atoms with E-state index in [1.165, 1.54) is 17.8 Å². The number of thioether (sulfide) groups is 1. The van der Waals surface area contributed by atoms with Gasteiger partial charge in [-0.2, -0.15) is 9.37 Å². The van der Waals surface area contributed by atoms with Crippen molar-refractivity contribution in [3.63, 3.8) is 0 Å². The minimum absolute atomic E-state index is 0.0626. The maximum Gasteiger partial charge on any atom is 0.215 e. The summed E-state index contributed by atoms with van der Waals surface area (Å²) in [5.41, 5.74) is 1.27. The standard InChI is InChI=1S/C10H13FN4OS/c1-6-3-8(16)14-10(13-6)17-4-7-9(11)12-5-15(7)2/h3,12H,4-5H2,1-2H3,(H,13,14,16). The van der Waals surface area contributed by atoms with E-state index < -0.39 is 0 Å². The Morgan fingerprint density at radius 2 is 2.35 bits per heavy atom. The van der Waals surface area contributed by atoms with Crippen molar-refractivity contribution in [3.8, 4) is 5.88 Å². The summed E-state index contributed by atoms with van der Waals surface area (Å²) in [6.07, 6.45) is 0. The van der Waals surface area contributed by atoms with Gasteiger partial charge < -0.3 is 15.3 Å². The summed E-state index contributed by atoms with van der Waals surface area (Å²) in [6, 6.07) is 1.48. The second kappa shape index (κ2) is 4.79. The minimum atomic E-state index is -0.308. The smallest absolute Gasteiger partial charge is 0.215 e. The molecule has 1 aromatic heterocycles. The van der Waals surface area contributed by atoms with Crippen molar-refractivity contribution in [2.45, 2.75) is 12.1 Å². The molecule has 0 radical (unpaired) electrons. The van der Waals surface area contributed by atoms with Crippen LogP contribution in [0.4, 0.5) is 4.39 Å². The molecule has 92 valence electrons. The zero-order valence-electron chi connectivity index (χ0n) is 9.57. The first-order valence-electron chi connectivity index (χ1n) is 5.07. The van der Waals surface area contributed by atoms with Gasteiger partial charge in [-0.15, -0.1) is 0 Å². The molecule has 2 N–H and O–H groups in total. The number of hydrogen-bond acceptors (Lipinski definition) is 6. The number of nitrogens with zero attached hydrogens (tertiary/aromatic N) is 3. The zero-order chi connectivity index (χ0) is 12.4. The van der Waals surface area contributed by atoms with Gasteiger partial charge in [0.15, 0.2) is 5.16 Å². The van der Waals surface area contributed by atoms with Crippen molar-refractivity contribution in [1.29, 1.82) is 0 Å². The maximum absolute atomic E-state index is 13.3. The van der Waals surface area contributed by atoms with Crippen LogP contribution in [-0.2, 0) is 0 Å². The number of aromatic hydroxyl groups is 1. The predicted octanol–water partition coefficient (Wildman–Crippen LogP) is 1.21. The van der Waals surface area contributed by atoms with E-state index in [-0.39, 0.29) is 11.8 Å². The van der Waals surface area contributed by atoms with Crippen molar-refractivity contribution in [2.75, 3.05) is 19.5 Å². The van der Waals surface area contributed by atoms with Crippen LogP contribution in [0, 0.1) is 6.92 Å². The molecule has 0 saturated carbocycles. The van der Waals surface area contributed by atoms with Gasteiger partial charge in [-0.25, -0.2) is 4.98 Å². The summed E-state index contributed by atoms with van der Waals surface area (Å²) in [6.45, 7) is 2.25. The van der Waals surface area contributed by atoms with Gasteiger partial charge in [0.25, 0.3) is 0 Å². The van der Waals surface area contributed by atoms with Crippen LogP contribution in [0.5, 0.6) is 5.88 Å². The molecule has 0 aromatic carbocycles. The highest BCUT2D eigenvalue weighted by Gasteiger charge is 2.19. The lowest BCUT2D eigenvalue weighted by Crippen LogP contribution is -2.19. The molecule has 1 aromatic rings. The number of rotatable bonds is 3. The van der Waals surface area contributed by atoms with E-state index in [0.29, 0.717) is 29.0 Å². The van der Waals surface area contributed by atoms with Crippen LogP contribution in [0.3, 0.4) is 0 Å². The Morgan fingerprint density at radius 3 is 2.94 bits per heavy atom. The van der Waals surface area contributed by atoms with Crippen LogP contribution in [0.15, 0.2) is 22.9 Å². The molecule has 0 fully saturated rings. The number of aromatic nitrogens is 2. The van der Waals surface area contributed by atoms with E-state index in [4.69, 9.17) is 0 Å². The number of hydrogen-bond donors (Lipinski definition) is 2. The first-order chi connectivity index (χ1) is 8.06. The normalized spacial score (nSPS) is 15.4. The molecular formula is C10H13FN4OS. The van der Waals surface area contributed by atoms with E-state index in [0.717, 1.165) is 0 Å². The second-order valence-electron chi connectivity index (χ2n) is 3.73. The Morgan fingerprint density at radius 1 is 1.59 bits per heavy atom. The quantitative estimate of drug-likeness (QED) is 0.481. The van der Waals surface area contributed by atoms with E-state index in [9.17, 15) is 9.50 Å². The lowest BCUT2D eigenvalue weighted by atomic mass is 10.4. The fourth-order valence-corrected chi connectivity index (χ4v) is 2.43. The fourth-order valence-electron chi connectivity index (χ4n) is 1.45. The number of nitrogens with one attached hydrogen (secondary N) is 1. The fraction of sp³-hybridized carbons (Fsp3) is 0.400. The Kier molecular flexibility index (Phi) is 3.37. The summed E-state index contributed by atoms with van der Waals surface area (Å²) in [4.78, 5) is 9.81. The molecule has 0 spiro atoms. The molecule has 0 amide bonds. The Balaban J connectivity index is 2.05. The molecule has 0 aliphatic carbocycles. The Labute approximate surface area is 103 Å². The van der Waals surface area contributed by atoms with Gasteiger partial charge in [0.05, 0.1) is 12.4 Å². The highest BCUT2D eigenvalue weighted by molar-refractivity contribution is 7.99. The molecule has 0 saturated heterocycles. The lowest BCUT2D eigenvalue weighted by Gasteiger charge is -2.13. The van der Waals surface area contributed by atoms with Crippen molar-refractivity contribution < 1.29 is 9.50 Å². The molecule has 2 heterocycles. The van der Waals surface area contributed by atoms with Gasteiger partial charge in [0.1, 0.15) is 0 Å². The van der Waals surface area contributed by atoms with Crippen LogP contribution in [0.25, 0.3) is 0 Å². The highest BCUT2D eigenvalue weighted by atomic mass is 32.2. The molecule has 0 unspecified atom stereocenters. The van der Waals surface area contributed by atoms with Gasteiger partial charge in [-0.1, -0.05) is 11.8 Å². The predicted molar refractivity (Wildman–Crippen MR) is 63.1 cm³/mol. The van der Waals surface area contributed by atoms with Crippen molar-refractivity contribution in [2.24, 2.45) is 0 Å².